The van der Waals surface area contributed by atoms with Crippen molar-refractivity contribution in [1.29, 1.82) is 0 Å². The van der Waals surface area contributed by atoms with Crippen LogP contribution >= 0.6 is 0 Å². The van der Waals surface area contributed by atoms with Crippen molar-refractivity contribution in [3.8, 4) is 0 Å². The van der Waals surface area contributed by atoms with Crippen LogP contribution in [0.25, 0.3) is 0 Å². The molecule has 19 heavy (non-hydrogen) atoms. The van der Waals surface area contributed by atoms with E-state index in [1.54, 1.807) is 6.33 Å². The van der Waals surface area contributed by atoms with Crippen molar-refractivity contribution >= 4 is 5.82 Å². The molecule has 0 radical (unpaired) electrons. The zero-order valence-corrected chi connectivity index (χ0v) is 12.2. The molecular formula is C15H26N4. The Morgan fingerprint density at radius 1 is 1.37 bits per heavy atom. The van der Waals surface area contributed by atoms with Crippen LogP contribution in [0.2, 0.25) is 0 Å². The number of hydrogen-bond acceptors (Lipinski definition) is 4. The second-order valence-electron chi connectivity index (χ2n) is 5.31. The summed E-state index contributed by atoms with van der Waals surface area (Å²) in [5, 5.41) is 3.58. The van der Waals surface area contributed by atoms with E-state index in [2.05, 4.69) is 40.1 Å². The number of aryl methyl sites for hydroxylation is 1. The van der Waals surface area contributed by atoms with Crippen molar-refractivity contribution < 1.29 is 0 Å². The van der Waals surface area contributed by atoms with Gasteiger partial charge in [-0.25, -0.2) is 9.97 Å². The molecule has 0 bridgehead atoms. The highest BCUT2D eigenvalue weighted by molar-refractivity contribution is 5.39. The summed E-state index contributed by atoms with van der Waals surface area (Å²) >= 11 is 0. The molecule has 2 heterocycles. The Morgan fingerprint density at radius 2 is 2.26 bits per heavy atom. The van der Waals surface area contributed by atoms with Gasteiger partial charge in [-0.1, -0.05) is 20.3 Å². The van der Waals surface area contributed by atoms with Crippen LogP contribution in [-0.4, -0.2) is 35.6 Å². The fourth-order valence-corrected chi connectivity index (χ4v) is 2.58. The topological polar surface area (TPSA) is 41.0 Å². The average molecular weight is 262 g/mol. The molecule has 0 saturated carbocycles. The molecule has 0 aromatic carbocycles. The van der Waals surface area contributed by atoms with E-state index in [4.69, 9.17) is 0 Å². The Kier molecular flexibility index (Phi) is 5.58. The summed E-state index contributed by atoms with van der Waals surface area (Å²) in [5.41, 5.74) is 1.13. The summed E-state index contributed by atoms with van der Waals surface area (Å²) in [7, 11) is 0. The highest BCUT2D eigenvalue weighted by Crippen LogP contribution is 2.16. The first kappa shape index (κ1) is 14.3. The first-order valence-corrected chi connectivity index (χ1v) is 7.62. The second-order valence-corrected chi connectivity index (χ2v) is 5.31. The minimum absolute atomic E-state index is 0.622. The van der Waals surface area contributed by atoms with Crippen LogP contribution in [0.3, 0.4) is 0 Å². The normalized spacial score (nSPS) is 18.7. The molecule has 1 N–H and O–H groups in total. The van der Waals surface area contributed by atoms with E-state index >= 15 is 0 Å². The Bertz CT molecular complexity index is 374. The lowest BCUT2D eigenvalue weighted by Gasteiger charge is -2.27. The van der Waals surface area contributed by atoms with Crippen molar-refractivity contribution in [2.24, 2.45) is 0 Å². The van der Waals surface area contributed by atoms with Gasteiger partial charge >= 0.3 is 0 Å². The molecule has 1 aliphatic heterocycles. The minimum Gasteiger partial charge on any atom is -0.355 e. The summed E-state index contributed by atoms with van der Waals surface area (Å²) in [6.07, 6.45) is 7.71. The molecule has 1 aromatic rings. The standard InChI is InChI=1S/C15H26N4/c1-3-5-9-19(11-14-7-6-8-16-14)15-10-13(4-2)17-12-18-15/h10,12,14,16H,3-9,11H2,1-2H3. The molecule has 1 unspecified atom stereocenters. The monoisotopic (exact) mass is 262 g/mol. The number of hydrogen-bond donors (Lipinski definition) is 1. The Labute approximate surface area is 116 Å². The van der Waals surface area contributed by atoms with Crippen LogP contribution in [-0.2, 0) is 6.42 Å². The van der Waals surface area contributed by atoms with Gasteiger partial charge in [0.1, 0.15) is 12.1 Å². The van der Waals surface area contributed by atoms with Gasteiger partial charge in [0.05, 0.1) is 0 Å². The lowest BCUT2D eigenvalue weighted by molar-refractivity contribution is 0.568. The van der Waals surface area contributed by atoms with Gasteiger partial charge in [-0.05, 0) is 32.2 Å². The van der Waals surface area contributed by atoms with E-state index in [0.717, 1.165) is 37.6 Å². The zero-order chi connectivity index (χ0) is 13.5. The largest absolute Gasteiger partial charge is 0.355 e. The van der Waals surface area contributed by atoms with E-state index in [1.165, 1.54) is 25.7 Å². The maximum absolute atomic E-state index is 4.47. The number of rotatable bonds is 7. The molecular weight excluding hydrogens is 236 g/mol. The number of unbranched alkanes of at least 4 members (excludes halogenated alkanes) is 1. The van der Waals surface area contributed by atoms with Gasteiger partial charge in [0.25, 0.3) is 0 Å². The zero-order valence-electron chi connectivity index (χ0n) is 12.2. The molecule has 4 nitrogen and oxygen atoms in total. The highest BCUT2D eigenvalue weighted by Gasteiger charge is 2.18. The third kappa shape index (κ3) is 4.16. The summed E-state index contributed by atoms with van der Waals surface area (Å²) in [6, 6.07) is 2.77. The maximum Gasteiger partial charge on any atom is 0.132 e. The molecule has 0 aliphatic carbocycles. The quantitative estimate of drug-likeness (QED) is 0.819. The minimum atomic E-state index is 0.622. The Morgan fingerprint density at radius 3 is 2.95 bits per heavy atom. The number of nitrogens with zero attached hydrogens (tertiary/aromatic N) is 3. The van der Waals surface area contributed by atoms with Crippen LogP contribution in [0, 0.1) is 0 Å². The van der Waals surface area contributed by atoms with E-state index in [9.17, 15) is 0 Å². The first-order chi connectivity index (χ1) is 9.33. The summed E-state index contributed by atoms with van der Waals surface area (Å²) in [4.78, 5) is 11.2. The molecule has 2 rings (SSSR count). The van der Waals surface area contributed by atoms with E-state index in [1.807, 2.05) is 0 Å². The fourth-order valence-electron chi connectivity index (χ4n) is 2.58. The van der Waals surface area contributed by atoms with Crippen LogP contribution in [0.15, 0.2) is 12.4 Å². The van der Waals surface area contributed by atoms with Gasteiger partial charge in [0, 0.05) is 30.9 Å². The molecule has 1 aliphatic rings. The molecule has 106 valence electrons. The SMILES string of the molecule is CCCCN(CC1CCCN1)c1cc(CC)ncn1. The van der Waals surface area contributed by atoms with Gasteiger partial charge in [0.2, 0.25) is 0 Å². The lowest BCUT2D eigenvalue weighted by atomic mass is 10.2. The van der Waals surface area contributed by atoms with Crippen molar-refractivity contribution in [3.63, 3.8) is 0 Å². The van der Waals surface area contributed by atoms with Crippen LogP contribution in [0.5, 0.6) is 0 Å². The number of anilines is 1. The van der Waals surface area contributed by atoms with Gasteiger partial charge in [-0.2, -0.15) is 0 Å². The fraction of sp³-hybridized carbons (Fsp3) is 0.733. The average Bonchev–Trinajstić information content (AvgIpc) is 2.96. The molecule has 1 fully saturated rings. The van der Waals surface area contributed by atoms with Crippen molar-refractivity contribution in [2.75, 3.05) is 24.5 Å². The second kappa shape index (κ2) is 7.43. The van der Waals surface area contributed by atoms with Crippen molar-refractivity contribution in [2.45, 2.75) is 52.0 Å². The van der Waals surface area contributed by atoms with Crippen LogP contribution < -0.4 is 10.2 Å². The molecule has 0 spiro atoms. The molecule has 1 saturated heterocycles. The lowest BCUT2D eigenvalue weighted by Crippen LogP contribution is -2.38. The number of aromatic nitrogens is 2. The van der Waals surface area contributed by atoms with Gasteiger partial charge in [0.15, 0.2) is 0 Å². The maximum atomic E-state index is 4.47. The molecule has 1 aromatic heterocycles. The van der Waals surface area contributed by atoms with E-state index in [0.29, 0.717) is 6.04 Å². The highest BCUT2D eigenvalue weighted by atomic mass is 15.2. The van der Waals surface area contributed by atoms with Crippen molar-refractivity contribution in [3.05, 3.63) is 18.1 Å². The number of nitrogens with one attached hydrogen (secondary N) is 1. The Hall–Kier alpha value is -1.16. The molecule has 4 heteroatoms. The van der Waals surface area contributed by atoms with E-state index in [-0.39, 0.29) is 0 Å². The molecule has 0 amide bonds. The summed E-state index contributed by atoms with van der Waals surface area (Å²) in [5.74, 6) is 1.09. The van der Waals surface area contributed by atoms with Gasteiger partial charge in [-0.3, -0.25) is 0 Å². The third-order valence-corrected chi connectivity index (χ3v) is 3.78. The Balaban J connectivity index is 2.05. The van der Waals surface area contributed by atoms with E-state index < -0.39 is 0 Å². The summed E-state index contributed by atoms with van der Waals surface area (Å²) in [6.45, 7) is 7.70. The van der Waals surface area contributed by atoms with Gasteiger partial charge < -0.3 is 10.2 Å². The van der Waals surface area contributed by atoms with Crippen LogP contribution in [0.4, 0.5) is 5.82 Å². The predicted molar refractivity (Wildman–Crippen MR) is 79.6 cm³/mol. The van der Waals surface area contributed by atoms with Crippen LogP contribution in [0.1, 0.15) is 45.2 Å². The molecule has 1 atom stereocenters. The predicted octanol–water partition coefficient (Wildman–Crippen LogP) is 2.40. The smallest absolute Gasteiger partial charge is 0.132 e. The third-order valence-electron chi connectivity index (χ3n) is 3.78. The van der Waals surface area contributed by atoms with Gasteiger partial charge in [-0.15, -0.1) is 0 Å². The first-order valence-electron chi connectivity index (χ1n) is 7.62. The van der Waals surface area contributed by atoms with Crippen molar-refractivity contribution in [1.82, 2.24) is 15.3 Å². The summed E-state index contributed by atoms with van der Waals surface area (Å²) < 4.78 is 0.